The van der Waals surface area contributed by atoms with Crippen LogP contribution in [0.2, 0.25) is 0 Å². The van der Waals surface area contributed by atoms with Crippen LogP contribution in [-0.4, -0.2) is 23.3 Å². The van der Waals surface area contributed by atoms with Gasteiger partial charge in [0.2, 0.25) is 5.54 Å². The molecule has 1 saturated heterocycles. The summed E-state index contributed by atoms with van der Waals surface area (Å²) < 4.78 is 0. The van der Waals surface area contributed by atoms with Gasteiger partial charge in [-0.15, -0.1) is 6.58 Å². The maximum Gasteiger partial charge on any atom is 0.217 e. The summed E-state index contributed by atoms with van der Waals surface area (Å²) in [5, 5.41) is 19.9. The summed E-state index contributed by atoms with van der Waals surface area (Å²) in [5.41, 5.74) is -1.11. The topological polar surface area (TPSA) is 60.0 Å². The van der Waals surface area contributed by atoms with Crippen molar-refractivity contribution < 1.29 is 4.84 Å². The van der Waals surface area contributed by atoms with Gasteiger partial charge in [0, 0.05) is 6.04 Å². The van der Waals surface area contributed by atoms with Crippen LogP contribution < -0.4 is 0 Å². The van der Waals surface area contributed by atoms with E-state index in [9.17, 15) is 10.5 Å². The molecular weight excluding hydrogens is 202 g/mol. The van der Waals surface area contributed by atoms with E-state index in [0.717, 1.165) is 19.3 Å². The molecule has 4 heteroatoms. The van der Waals surface area contributed by atoms with Crippen molar-refractivity contribution in [3.63, 3.8) is 0 Å². The van der Waals surface area contributed by atoms with Gasteiger partial charge in [0.05, 0.1) is 6.61 Å². The number of hydroxylamine groups is 2. The van der Waals surface area contributed by atoms with Crippen molar-refractivity contribution in [3.05, 3.63) is 12.7 Å². The largest absolute Gasteiger partial charge is 0.296 e. The molecule has 1 heterocycles. The monoisotopic (exact) mass is 219 g/mol. The highest BCUT2D eigenvalue weighted by Gasteiger charge is 2.43. The average molecular weight is 219 g/mol. The van der Waals surface area contributed by atoms with E-state index < -0.39 is 5.54 Å². The molecule has 0 saturated carbocycles. The summed E-state index contributed by atoms with van der Waals surface area (Å²) in [6.07, 6.45) is 4.84. The zero-order valence-electron chi connectivity index (χ0n) is 9.65. The summed E-state index contributed by atoms with van der Waals surface area (Å²) in [5.74, 6) is 0. The van der Waals surface area contributed by atoms with E-state index in [1.807, 2.05) is 13.0 Å². The average Bonchev–Trinajstić information content (AvgIpc) is 2.35. The van der Waals surface area contributed by atoms with Crippen LogP contribution in [0.3, 0.4) is 0 Å². The van der Waals surface area contributed by atoms with E-state index in [4.69, 9.17) is 4.84 Å². The van der Waals surface area contributed by atoms with Crippen LogP contribution in [0.25, 0.3) is 0 Å². The molecule has 0 aliphatic carbocycles. The molecule has 0 spiro atoms. The number of nitrogens with zero attached hydrogens (tertiary/aromatic N) is 3. The lowest BCUT2D eigenvalue weighted by Crippen LogP contribution is -2.53. The Kier molecular flexibility index (Phi) is 4.49. The summed E-state index contributed by atoms with van der Waals surface area (Å²) in [4.78, 5) is 5.49. The van der Waals surface area contributed by atoms with Gasteiger partial charge in [-0.3, -0.25) is 4.84 Å². The SMILES string of the molecule is C=CCCC(C)N1OCCCC1(C#N)C#N. The first-order chi connectivity index (χ1) is 7.70. The van der Waals surface area contributed by atoms with Crippen molar-refractivity contribution in [2.75, 3.05) is 6.61 Å². The van der Waals surface area contributed by atoms with E-state index in [-0.39, 0.29) is 6.04 Å². The number of allylic oxidation sites excluding steroid dienone is 1. The van der Waals surface area contributed by atoms with Crippen molar-refractivity contribution >= 4 is 0 Å². The van der Waals surface area contributed by atoms with Gasteiger partial charge in [-0.25, -0.2) is 0 Å². The third-order valence-electron chi connectivity index (χ3n) is 2.85. The first-order valence-corrected chi connectivity index (χ1v) is 5.56. The third-order valence-corrected chi connectivity index (χ3v) is 2.85. The maximum absolute atomic E-state index is 9.17. The van der Waals surface area contributed by atoms with E-state index in [1.54, 1.807) is 5.06 Å². The van der Waals surface area contributed by atoms with Gasteiger partial charge in [-0.1, -0.05) is 6.08 Å². The molecule has 1 aliphatic heterocycles. The zero-order valence-corrected chi connectivity index (χ0v) is 9.65. The second-order valence-electron chi connectivity index (χ2n) is 4.06. The molecule has 86 valence electrons. The Labute approximate surface area is 96.7 Å². The molecule has 0 amide bonds. The summed E-state index contributed by atoms with van der Waals surface area (Å²) in [6.45, 7) is 6.22. The van der Waals surface area contributed by atoms with Gasteiger partial charge in [-0.2, -0.15) is 15.6 Å². The lowest BCUT2D eigenvalue weighted by atomic mass is 9.93. The normalized spacial score (nSPS) is 21.7. The predicted molar refractivity (Wildman–Crippen MR) is 59.9 cm³/mol. The molecule has 0 aromatic carbocycles. The number of hydrogen-bond acceptors (Lipinski definition) is 4. The fourth-order valence-corrected chi connectivity index (χ4v) is 1.93. The molecule has 1 unspecified atom stereocenters. The Morgan fingerprint density at radius 3 is 2.81 bits per heavy atom. The maximum atomic E-state index is 9.17. The molecular formula is C12H17N3O. The Balaban J connectivity index is 2.79. The molecule has 0 aromatic rings. The molecule has 4 nitrogen and oxygen atoms in total. The second kappa shape index (κ2) is 5.65. The van der Waals surface area contributed by atoms with Gasteiger partial charge in [0.1, 0.15) is 12.1 Å². The minimum absolute atomic E-state index is 0.0533. The second-order valence-corrected chi connectivity index (χ2v) is 4.06. The number of nitriles is 2. The van der Waals surface area contributed by atoms with Crippen molar-refractivity contribution in [1.29, 1.82) is 10.5 Å². The molecule has 0 radical (unpaired) electrons. The van der Waals surface area contributed by atoms with Crippen molar-refractivity contribution in [2.24, 2.45) is 0 Å². The molecule has 1 atom stereocenters. The zero-order chi connectivity index (χ0) is 12.0. The van der Waals surface area contributed by atoms with Crippen molar-refractivity contribution in [3.8, 4) is 12.1 Å². The van der Waals surface area contributed by atoms with Crippen LogP contribution >= 0.6 is 0 Å². The van der Waals surface area contributed by atoms with Crippen molar-refractivity contribution in [1.82, 2.24) is 5.06 Å². The van der Waals surface area contributed by atoms with Gasteiger partial charge < -0.3 is 0 Å². The minimum atomic E-state index is -1.11. The van der Waals surface area contributed by atoms with E-state index in [2.05, 4.69) is 18.7 Å². The fourth-order valence-electron chi connectivity index (χ4n) is 1.93. The van der Waals surface area contributed by atoms with Crippen LogP contribution in [0.1, 0.15) is 32.6 Å². The van der Waals surface area contributed by atoms with Crippen LogP contribution in [-0.2, 0) is 4.84 Å². The molecule has 0 N–H and O–H groups in total. The van der Waals surface area contributed by atoms with Gasteiger partial charge >= 0.3 is 0 Å². The fraction of sp³-hybridized carbons (Fsp3) is 0.667. The Hall–Kier alpha value is -1.36. The van der Waals surface area contributed by atoms with E-state index in [1.165, 1.54) is 0 Å². The van der Waals surface area contributed by atoms with Crippen LogP contribution in [0.4, 0.5) is 0 Å². The van der Waals surface area contributed by atoms with Gasteiger partial charge in [-0.05, 0) is 32.6 Å². The molecule has 1 fully saturated rings. The molecule has 1 rings (SSSR count). The minimum Gasteiger partial charge on any atom is -0.296 e. The lowest BCUT2D eigenvalue weighted by molar-refractivity contribution is -0.240. The highest BCUT2D eigenvalue weighted by atomic mass is 16.7. The smallest absolute Gasteiger partial charge is 0.217 e. The Morgan fingerprint density at radius 1 is 1.56 bits per heavy atom. The number of hydrogen-bond donors (Lipinski definition) is 0. The third kappa shape index (κ3) is 2.41. The predicted octanol–water partition coefficient (Wildman–Crippen LogP) is 2.15. The summed E-state index contributed by atoms with van der Waals surface area (Å²) >= 11 is 0. The highest BCUT2D eigenvalue weighted by Crippen LogP contribution is 2.29. The van der Waals surface area contributed by atoms with Crippen molar-refractivity contribution in [2.45, 2.75) is 44.2 Å². The van der Waals surface area contributed by atoms with Crippen LogP contribution in [0, 0.1) is 22.7 Å². The first kappa shape index (κ1) is 12.7. The highest BCUT2D eigenvalue weighted by molar-refractivity contribution is 5.22. The van der Waals surface area contributed by atoms with E-state index >= 15 is 0 Å². The molecule has 1 aliphatic rings. The standard InChI is InChI=1S/C12H17N3O/c1-3-4-6-11(2)15-12(9-13,10-14)7-5-8-16-15/h3,11H,1,4-8H2,2H3. The van der Waals surface area contributed by atoms with E-state index in [0.29, 0.717) is 13.0 Å². The van der Waals surface area contributed by atoms with Gasteiger partial charge in [0.15, 0.2) is 0 Å². The molecule has 0 aromatic heterocycles. The molecule has 0 bridgehead atoms. The van der Waals surface area contributed by atoms with Gasteiger partial charge in [0.25, 0.3) is 0 Å². The van der Waals surface area contributed by atoms with Crippen LogP contribution in [0.5, 0.6) is 0 Å². The Morgan fingerprint density at radius 2 is 2.25 bits per heavy atom. The summed E-state index contributed by atoms with van der Waals surface area (Å²) in [6, 6.07) is 4.23. The first-order valence-electron chi connectivity index (χ1n) is 5.56. The lowest BCUT2D eigenvalue weighted by Gasteiger charge is -2.40. The van der Waals surface area contributed by atoms with Crippen LogP contribution in [0.15, 0.2) is 12.7 Å². The number of rotatable bonds is 4. The summed E-state index contributed by atoms with van der Waals surface area (Å²) in [7, 11) is 0. The molecule has 16 heavy (non-hydrogen) atoms. The Bertz CT molecular complexity index is 312. The quantitative estimate of drug-likeness (QED) is 0.680.